The van der Waals surface area contributed by atoms with Gasteiger partial charge in [-0.05, 0) is 37.3 Å². The maximum absolute atomic E-state index is 13.6. The Kier molecular flexibility index (Phi) is 4.92. The molecule has 26 heavy (non-hydrogen) atoms. The van der Waals surface area contributed by atoms with Gasteiger partial charge in [0, 0.05) is 18.7 Å². The number of amides is 1. The predicted molar refractivity (Wildman–Crippen MR) is 89.6 cm³/mol. The fourth-order valence-corrected chi connectivity index (χ4v) is 2.39. The first kappa shape index (κ1) is 17.5. The second kappa shape index (κ2) is 7.30. The third-order valence-electron chi connectivity index (χ3n) is 3.75. The van der Waals surface area contributed by atoms with Crippen molar-refractivity contribution in [1.82, 2.24) is 15.1 Å². The van der Waals surface area contributed by atoms with Crippen molar-refractivity contribution in [3.8, 4) is 11.5 Å². The first-order chi connectivity index (χ1) is 12.5. The Morgan fingerprint density at radius 1 is 1.27 bits per heavy atom. The van der Waals surface area contributed by atoms with E-state index < -0.39 is 23.6 Å². The van der Waals surface area contributed by atoms with Crippen LogP contribution < -0.4 is 10.9 Å². The zero-order valence-electron chi connectivity index (χ0n) is 13.8. The predicted octanol–water partition coefficient (Wildman–Crippen LogP) is 2.77. The molecule has 0 radical (unpaired) electrons. The molecule has 2 aromatic heterocycles. The Hall–Kier alpha value is -3.29. The Morgan fingerprint density at radius 3 is 2.77 bits per heavy atom. The molecule has 2 heterocycles. The van der Waals surface area contributed by atoms with Crippen LogP contribution in [0.1, 0.15) is 23.3 Å². The number of hydrogen-bond donors (Lipinski definition) is 1. The maximum atomic E-state index is 13.6. The summed E-state index contributed by atoms with van der Waals surface area (Å²) in [6.07, 6.45) is 1.49. The summed E-state index contributed by atoms with van der Waals surface area (Å²) < 4.78 is 33.0. The fraction of sp³-hybridized carbons (Fsp3) is 0.167. The number of nitrogens with zero attached hydrogens (tertiary/aromatic N) is 2. The SMILES string of the molecule is CC(CNC(=O)c1ccc(F)cc1F)n1nc(-c2ccco2)ccc1=O. The van der Waals surface area contributed by atoms with E-state index in [1.165, 1.54) is 23.1 Å². The highest BCUT2D eigenvalue weighted by Gasteiger charge is 2.15. The van der Waals surface area contributed by atoms with Gasteiger partial charge in [0.25, 0.3) is 11.5 Å². The number of benzene rings is 1. The molecule has 0 aliphatic carbocycles. The van der Waals surface area contributed by atoms with E-state index in [4.69, 9.17) is 4.42 Å². The minimum Gasteiger partial charge on any atom is -0.463 e. The molecule has 0 saturated heterocycles. The highest BCUT2D eigenvalue weighted by molar-refractivity contribution is 5.94. The zero-order chi connectivity index (χ0) is 18.7. The first-order valence-corrected chi connectivity index (χ1v) is 7.82. The van der Waals surface area contributed by atoms with E-state index in [-0.39, 0.29) is 17.7 Å². The van der Waals surface area contributed by atoms with Gasteiger partial charge in [-0.25, -0.2) is 13.5 Å². The lowest BCUT2D eigenvalue weighted by atomic mass is 10.2. The third kappa shape index (κ3) is 3.69. The lowest BCUT2D eigenvalue weighted by Gasteiger charge is -2.15. The minimum absolute atomic E-state index is 0.0319. The molecule has 0 saturated carbocycles. The number of halogens is 2. The Bertz CT molecular complexity index is 984. The van der Waals surface area contributed by atoms with E-state index in [9.17, 15) is 18.4 Å². The highest BCUT2D eigenvalue weighted by atomic mass is 19.1. The van der Waals surface area contributed by atoms with E-state index >= 15 is 0 Å². The van der Waals surface area contributed by atoms with E-state index in [0.717, 1.165) is 12.1 Å². The molecular formula is C18H15F2N3O3. The summed E-state index contributed by atoms with van der Waals surface area (Å²) in [5, 5.41) is 6.74. The second-order valence-corrected chi connectivity index (χ2v) is 5.66. The molecule has 1 amide bonds. The van der Waals surface area contributed by atoms with E-state index in [1.807, 2.05) is 0 Å². The molecule has 0 aliphatic heterocycles. The normalized spacial score (nSPS) is 12.0. The van der Waals surface area contributed by atoms with Crippen LogP contribution >= 0.6 is 0 Å². The molecule has 0 bridgehead atoms. The lowest BCUT2D eigenvalue weighted by Crippen LogP contribution is -2.35. The molecule has 3 aromatic rings. The van der Waals surface area contributed by atoms with Gasteiger partial charge >= 0.3 is 0 Å². The second-order valence-electron chi connectivity index (χ2n) is 5.66. The van der Waals surface area contributed by atoms with E-state index in [2.05, 4.69) is 10.4 Å². The van der Waals surface area contributed by atoms with Crippen molar-refractivity contribution < 1.29 is 18.0 Å². The molecule has 134 valence electrons. The molecule has 0 fully saturated rings. The molecule has 8 heteroatoms. The zero-order valence-corrected chi connectivity index (χ0v) is 13.8. The number of hydrogen-bond acceptors (Lipinski definition) is 4. The molecule has 1 unspecified atom stereocenters. The summed E-state index contributed by atoms with van der Waals surface area (Å²) in [5.41, 5.74) is -0.157. The summed E-state index contributed by atoms with van der Waals surface area (Å²) >= 11 is 0. The Balaban J connectivity index is 1.74. The average Bonchev–Trinajstić information content (AvgIpc) is 3.14. The van der Waals surface area contributed by atoms with Crippen LogP contribution in [0.4, 0.5) is 8.78 Å². The number of carbonyl (C=O) groups excluding carboxylic acids is 1. The van der Waals surface area contributed by atoms with Crippen LogP contribution in [0.3, 0.4) is 0 Å². The Morgan fingerprint density at radius 2 is 2.08 bits per heavy atom. The number of aromatic nitrogens is 2. The number of furan rings is 1. The summed E-state index contributed by atoms with van der Waals surface area (Å²) in [6, 6.07) is 8.50. The largest absolute Gasteiger partial charge is 0.463 e. The van der Waals surface area contributed by atoms with Crippen LogP contribution in [-0.4, -0.2) is 22.2 Å². The minimum atomic E-state index is -0.953. The van der Waals surface area contributed by atoms with Gasteiger partial charge < -0.3 is 9.73 Å². The fourth-order valence-electron chi connectivity index (χ4n) is 2.39. The van der Waals surface area contributed by atoms with Crippen molar-refractivity contribution in [3.05, 3.63) is 76.3 Å². The van der Waals surface area contributed by atoms with Gasteiger partial charge in [0.2, 0.25) is 0 Å². The van der Waals surface area contributed by atoms with Crippen LogP contribution in [0.5, 0.6) is 0 Å². The van der Waals surface area contributed by atoms with Crippen molar-refractivity contribution in [2.45, 2.75) is 13.0 Å². The number of nitrogens with one attached hydrogen (secondary N) is 1. The smallest absolute Gasteiger partial charge is 0.267 e. The van der Waals surface area contributed by atoms with Gasteiger partial charge in [-0.1, -0.05) is 0 Å². The summed E-state index contributed by atoms with van der Waals surface area (Å²) in [4.78, 5) is 24.1. The monoisotopic (exact) mass is 359 g/mol. The molecule has 1 N–H and O–H groups in total. The molecule has 1 atom stereocenters. The van der Waals surface area contributed by atoms with Crippen LogP contribution in [-0.2, 0) is 0 Å². The number of rotatable bonds is 5. The van der Waals surface area contributed by atoms with Gasteiger partial charge in [0.05, 0.1) is 17.9 Å². The van der Waals surface area contributed by atoms with Crippen LogP contribution in [0.15, 0.2) is 57.9 Å². The van der Waals surface area contributed by atoms with Gasteiger partial charge in [-0.3, -0.25) is 9.59 Å². The van der Waals surface area contributed by atoms with Gasteiger partial charge in [-0.15, -0.1) is 0 Å². The van der Waals surface area contributed by atoms with Crippen molar-refractivity contribution in [3.63, 3.8) is 0 Å². The van der Waals surface area contributed by atoms with E-state index in [1.54, 1.807) is 19.1 Å². The maximum Gasteiger partial charge on any atom is 0.267 e. The van der Waals surface area contributed by atoms with Crippen molar-refractivity contribution in [2.75, 3.05) is 6.54 Å². The van der Waals surface area contributed by atoms with E-state index in [0.29, 0.717) is 17.5 Å². The molecule has 3 rings (SSSR count). The number of carbonyl (C=O) groups is 1. The first-order valence-electron chi connectivity index (χ1n) is 7.82. The van der Waals surface area contributed by atoms with Crippen LogP contribution in [0.2, 0.25) is 0 Å². The van der Waals surface area contributed by atoms with Gasteiger partial charge in [0.1, 0.15) is 17.3 Å². The van der Waals surface area contributed by atoms with Crippen molar-refractivity contribution >= 4 is 5.91 Å². The summed E-state index contributed by atoms with van der Waals surface area (Å²) in [5.74, 6) is -1.92. The standard InChI is InChI=1S/C18H15F2N3O3/c1-11(10-21-18(25)13-5-4-12(19)9-14(13)20)23-17(24)7-6-15(22-23)16-3-2-8-26-16/h2-9,11H,10H2,1H3,(H,21,25). The van der Waals surface area contributed by atoms with Crippen molar-refractivity contribution in [2.24, 2.45) is 0 Å². The Labute approximate surface area is 147 Å². The third-order valence-corrected chi connectivity index (χ3v) is 3.75. The molecular weight excluding hydrogens is 344 g/mol. The topological polar surface area (TPSA) is 77.1 Å². The lowest BCUT2D eigenvalue weighted by molar-refractivity contribution is 0.0943. The molecule has 6 nitrogen and oxygen atoms in total. The van der Waals surface area contributed by atoms with Crippen LogP contribution in [0.25, 0.3) is 11.5 Å². The van der Waals surface area contributed by atoms with Gasteiger partial charge in [-0.2, -0.15) is 5.10 Å². The highest BCUT2D eigenvalue weighted by Crippen LogP contribution is 2.16. The molecule has 0 spiro atoms. The summed E-state index contributed by atoms with van der Waals surface area (Å²) in [6.45, 7) is 1.71. The average molecular weight is 359 g/mol. The quantitative estimate of drug-likeness (QED) is 0.760. The molecule has 0 aliphatic rings. The summed E-state index contributed by atoms with van der Waals surface area (Å²) in [7, 11) is 0. The van der Waals surface area contributed by atoms with Crippen molar-refractivity contribution in [1.29, 1.82) is 0 Å². The molecule has 1 aromatic carbocycles. The van der Waals surface area contributed by atoms with Gasteiger partial charge in [0.15, 0.2) is 5.76 Å². The van der Waals surface area contributed by atoms with Crippen LogP contribution in [0, 0.1) is 11.6 Å².